The maximum absolute atomic E-state index is 12.3. The molecule has 0 aromatic carbocycles. The van der Waals surface area contributed by atoms with E-state index in [1.807, 2.05) is 18.7 Å². The summed E-state index contributed by atoms with van der Waals surface area (Å²) >= 11 is 8.35. The van der Waals surface area contributed by atoms with Gasteiger partial charge < -0.3 is 15.1 Å². The number of nitrogens with two attached hydrogens (primary N) is 1. The molecule has 110 valence electrons. The standard InChI is InChI=1S/C13H18BrN3O2S/c1-13(2,12(15)20)17-6-4-16(5-7-17)11(18)9-3-8-19-10(9)14/h3,8H,4-7H2,1-2H3,(H2,15,20). The summed E-state index contributed by atoms with van der Waals surface area (Å²) in [5, 5.41) is 0. The van der Waals surface area contributed by atoms with Gasteiger partial charge in [-0.1, -0.05) is 12.2 Å². The number of rotatable bonds is 3. The average molecular weight is 360 g/mol. The van der Waals surface area contributed by atoms with E-state index in [1.54, 1.807) is 6.07 Å². The lowest BCUT2D eigenvalue weighted by atomic mass is 10.0. The van der Waals surface area contributed by atoms with Crippen molar-refractivity contribution in [3.8, 4) is 0 Å². The van der Waals surface area contributed by atoms with E-state index in [4.69, 9.17) is 22.4 Å². The Morgan fingerprint density at radius 3 is 2.45 bits per heavy atom. The van der Waals surface area contributed by atoms with Crippen LogP contribution in [-0.2, 0) is 0 Å². The molecule has 2 heterocycles. The molecule has 5 nitrogen and oxygen atoms in total. The van der Waals surface area contributed by atoms with Gasteiger partial charge in [-0.2, -0.15) is 0 Å². The molecule has 0 unspecified atom stereocenters. The molecular weight excluding hydrogens is 342 g/mol. The molecule has 0 aliphatic carbocycles. The molecule has 1 aromatic heterocycles. The molecule has 1 saturated heterocycles. The second-order valence-electron chi connectivity index (χ2n) is 5.31. The van der Waals surface area contributed by atoms with Crippen molar-refractivity contribution in [3.63, 3.8) is 0 Å². The van der Waals surface area contributed by atoms with E-state index >= 15 is 0 Å². The molecule has 0 atom stereocenters. The number of halogens is 1. The number of carbonyl (C=O) groups excluding carboxylic acids is 1. The lowest BCUT2D eigenvalue weighted by Crippen LogP contribution is -2.59. The van der Waals surface area contributed by atoms with Crippen molar-refractivity contribution < 1.29 is 9.21 Å². The van der Waals surface area contributed by atoms with Crippen molar-refractivity contribution >= 4 is 39.0 Å². The van der Waals surface area contributed by atoms with Crippen molar-refractivity contribution in [2.45, 2.75) is 19.4 Å². The van der Waals surface area contributed by atoms with Crippen LogP contribution in [0.15, 0.2) is 21.4 Å². The predicted molar refractivity (Wildman–Crippen MR) is 84.7 cm³/mol. The lowest BCUT2D eigenvalue weighted by molar-refractivity contribution is 0.0538. The van der Waals surface area contributed by atoms with Crippen LogP contribution >= 0.6 is 28.1 Å². The zero-order valence-electron chi connectivity index (χ0n) is 11.6. The molecule has 1 aliphatic heterocycles. The highest BCUT2D eigenvalue weighted by molar-refractivity contribution is 9.10. The summed E-state index contributed by atoms with van der Waals surface area (Å²) in [7, 11) is 0. The maximum atomic E-state index is 12.3. The van der Waals surface area contributed by atoms with Crippen molar-refractivity contribution in [2.24, 2.45) is 5.73 Å². The summed E-state index contributed by atoms with van der Waals surface area (Å²) in [6.07, 6.45) is 1.50. The Bertz CT molecular complexity index is 521. The van der Waals surface area contributed by atoms with Crippen LogP contribution < -0.4 is 5.73 Å². The van der Waals surface area contributed by atoms with Gasteiger partial charge in [0.2, 0.25) is 0 Å². The van der Waals surface area contributed by atoms with Crippen LogP contribution in [0.25, 0.3) is 0 Å². The molecule has 20 heavy (non-hydrogen) atoms. The fraction of sp³-hybridized carbons (Fsp3) is 0.538. The minimum Gasteiger partial charge on any atom is -0.457 e. The zero-order chi connectivity index (χ0) is 14.9. The molecule has 2 rings (SSSR count). The average Bonchev–Trinajstić information content (AvgIpc) is 2.84. The summed E-state index contributed by atoms with van der Waals surface area (Å²) in [6, 6.07) is 1.68. The van der Waals surface area contributed by atoms with Crippen LogP contribution in [0, 0.1) is 0 Å². The van der Waals surface area contributed by atoms with Gasteiger partial charge in [0.1, 0.15) is 0 Å². The quantitative estimate of drug-likeness (QED) is 0.834. The first-order valence-corrected chi connectivity index (χ1v) is 7.61. The molecule has 1 fully saturated rings. The second-order valence-corrected chi connectivity index (χ2v) is 6.47. The SMILES string of the molecule is CC(C)(C(N)=S)N1CCN(C(=O)c2ccoc2Br)CC1. The number of hydrogen-bond acceptors (Lipinski definition) is 4. The third kappa shape index (κ3) is 2.89. The third-order valence-electron chi connectivity index (χ3n) is 3.81. The molecule has 0 saturated carbocycles. The molecule has 1 amide bonds. The zero-order valence-corrected chi connectivity index (χ0v) is 14.0. The number of hydrogen-bond donors (Lipinski definition) is 1. The van der Waals surface area contributed by atoms with Gasteiger partial charge in [-0.15, -0.1) is 0 Å². The topological polar surface area (TPSA) is 62.7 Å². The normalized spacial score (nSPS) is 17.2. The van der Waals surface area contributed by atoms with Crippen molar-refractivity contribution in [1.29, 1.82) is 0 Å². The summed E-state index contributed by atoms with van der Waals surface area (Å²) in [5.74, 6) is -0.0154. The highest BCUT2D eigenvalue weighted by Gasteiger charge is 2.33. The Balaban J connectivity index is 2.00. The summed E-state index contributed by atoms with van der Waals surface area (Å²) in [6.45, 7) is 6.85. The Labute approximate surface area is 132 Å². The number of amides is 1. The lowest BCUT2D eigenvalue weighted by Gasteiger charge is -2.43. The molecule has 1 aliphatic rings. The Hall–Kier alpha value is -0.920. The number of thiocarbonyl (C=S) groups is 1. The van der Waals surface area contributed by atoms with Crippen LogP contribution in [0.4, 0.5) is 0 Å². The molecule has 0 spiro atoms. The van der Waals surface area contributed by atoms with Crippen molar-refractivity contribution in [2.75, 3.05) is 26.2 Å². The van der Waals surface area contributed by atoms with Crippen LogP contribution in [0.3, 0.4) is 0 Å². The van der Waals surface area contributed by atoms with Gasteiger partial charge in [-0.25, -0.2) is 0 Å². The predicted octanol–water partition coefficient (Wildman–Crippen LogP) is 1.86. The summed E-state index contributed by atoms with van der Waals surface area (Å²) < 4.78 is 5.59. The minimum atomic E-state index is -0.319. The number of piperazine rings is 1. The maximum Gasteiger partial charge on any atom is 0.258 e. The highest BCUT2D eigenvalue weighted by Crippen LogP contribution is 2.22. The Morgan fingerprint density at radius 2 is 2.00 bits per heavy atom. The van der Waals surface area contributed by atoms with E-state index in [2.05, 4.69) is 20.8 Å². The van der Waals surface area contributed by atoms with Crippen molar-refractivity contribution in [3.05, 3.63) is 22.6 Å². The molecule has 2 N–H and O–H groups in total. The fourth-order valence-electron chi connectivity index (χ4n) is 2.24. The second kappa shape index (κ2) is 5.83. The van der Waals surface area contributed by atoms with Gasteiger partial charge in [0.25, 0.3) is 5.91 Å². The monoisotopic (exact) mass is 359 g/mol. The number of carbonyl (C=O) groups is 1. The number of furan rings is 1. The van der Waals surface area contributed by atoms with E-state index in [1.165, 1.54) is 6.26 Å². The van der Waals surface area contributed by atoms with Crippen LogP contribution in [-0.4, -0.2) is 52.4 Å². The van der Waals surface area contributed by atoms with Crippen LogP contribution in [0.2, 0.25) is 0 Å². The van der Waals surface area contributed by atoms with Gasteiger partial charge in [0.05, 0.1) is 22.4 Å². The van der Waals surface area contributed by atoms with Crippen molar-refractivity contribution in [1.82, 2.24) is 9.80 Å². The van der Waals surface area contributed by atoms with Gasteiger partial charge in [0, 0.05) is 26.2 Å². The van der Waals surface area contributed by atoms with Gasteiger partial charge in [0.15, 0.2) is 4.67 Å². The first-order valence-electron chi connectivity index (χ1n) is 6.41. The van der Waals surface area contributed by atoms with Gasteiger partial charge in [-0.3, -0.25) is 9.69 Å². The molecule has 1 aromatic rings. The van der Waals surface area contributed by atoms with E-state index in [0.717, 1.165) is 13.1 Å². The van der Waals surface area contributed by atoms with E-state index in [0.29, 0.717) is 28.3 Å². The minimum absolute atomic E-state index is 0.0154. The van der Waals surface area contributed by atoms with Gasteiger partial charge >= 0.3 is 0 Å². The van der Waals surface area contributed by atoms with Crippen LogP contribution in [0.5, 0.6) is 0 Å². The molecule has 0 radical (unpaired) electrons. The Kier molecular flexibility index (Phi) is 4.51. The summed E-state index contributed by atoms with van der Waals surface area (Å²) in [5.41, 5.74) is 6.03. The first-order chi connectivity index (χ1) is 9.34. The highest BCUT2D eigenvalue weighted by atomic mass is 79.9. The fourth-order valence-corrected chi connectivity index (χ4v) is 2.78. The Morgan fingerprint density at radius 1 is 1.40 bits per heavy atom. The molecular formula is C13H18BrN3O2S. The van der Waals surface area contributed by atoms with E-state index in [9.17, 15) is 4.79 Å². The third-order valence-corrected chi connectivity index (χ3v) is 4.92. The summed E-state index contributed by atoms with van der Waals surface area (Å²) in [4.78, 5) is 16.9. The van der Waals surface area contributed by atoms with Crippen LogP contribution in [0.1, 0.15) is 24.2 Å². The van der Waals surface area contributed by atoms with Gasteiger partial charge in [-0.05, 0) is 35.8 Å². The molecule has 0 bridgehead atoms. The van der Waals surface area contributed by atoms with E-state index < -0.39 is 0 Å². The number of nitrogens with zero attached hydrogens (tertiary/aromatic N) is 2. The van der Waals surface area contributed by atoms with E-state index in [-0.39, 0.29) is 11.4 Å². The smallest absolute Gasteiger partial charge is 0.258 e. The first kappa shape index (κ1) is 15.5. The largest absolute Gasteiger partial charge is 0.457 e. The molecule has 7 heteroatoms.